The van der Waals surface area contributed by atoms with E-state index < -0.39 is 4.92 Å². The molecule has 0 bridgehead atoms. The second-order valence-corrected chi connectivity index (χ2v) is 4.56. The van der Waals surface area contributed by atoms with Gasteiger partial charge in [-0.1, -0.05) is 13.3 Å². The Kier molecular flexibility index (Phi) is 6.32. The summed E-state index contributed by atoms with van der Waals surface area (Å²) in [4.78, 5) is 34.2. The summed E-state index contributed by atoms with van der Waals surface area (Å²) in [5.41, 5.74) is -0.149. The first kappa shape index (κ1) is 16.6. The summed E-state index contributed by atoms with van der Waals surface area (Å²) in [7, 11) is 1.66. The molecule has 1 aromatic carbocycles. The minimum Gasteiger partial charge on any atom is -0.477 e. The maximum atomic E-state index is 11.8. The van der Waals surface area contributed by atoms with E-state index in [0.717, 1.165) is 18.9 Å². The van der Waals surface area contributed by atoms with Crippen molar-refractivity contribution in [3.63, 3.8) is 0 Å². The van der Waals surface area contributed by atoms with Gasteiger partial charge in [0, 0.05) is 25.2 Å². The second kappa shape index (κ2) is 7.98. The van der Waals surface area contributed by atoms with Crippen LogP contribution in [-0.4, -0.2) is 42.2 Å². The number of nitro groups is 1. The van der Waals surface area contributed by atoms with Crippen molar-refractivity contribution >= 4 is 17.9 Å². The monoisotopic (exact) mass is 294 g/mol. The van der Waals surface area contributed by atoms with E-state index in [4.69, 9.17) is 4.74 Å². The van der Waals surface area contributed by atoms with Crippen LogP contribution in [0, 0.1) is 10.1 Å². The minimum absolute atomic E-state index is 0.0251. The van der Waals surface area contributed by atoms with Crippen molar-refractivity contribution in [3.05, 3.63) is 33.9 Å². The average Bonchev–Trinajstić information content (AvgIpc) is 2.49. The number of carbonyl (C=O) groups is 2. The normalized spacial score (nSPS) is 10.0. The van der Waals surface area contributed by atoms with Crippen molar-refractivity contribution in [1.82, 2.24) is 4.90 Å². The zero-order chi connectivity index (χ0) is 15.8. The number of nitrogens with zero attached hydrogens (tertiary/aromatic N) is 2. The summed E-state index contributed by atoms with van der Waals surface area (Å²) in [5, 5.41) is 10.9. The zero-order valence-corrected chi connectivity index (χ0v) is 12.1. The molecule has 0 atom stereocenters. The lowest BCUT2D eigenvalue weighted by molar-refractivity contribution is -0.385. The van der Waals surface area contributed by atoms with E-state index in [0.29, 0.717) is 12.8 Å². The predicted octanol–water partition coefficient (Wildman–Crippen LogP) is 2.04. The Balaban J connectivity index is 2.72. The molecule has 0 heterocycles. The molecule has 21 heavy (non-hydrogen) atoms. The second-order valence-electron chi connectivity index (χ2n) is 4.56. The lowest BCUT2D eigenvalue weighted by atomic mass is 10.2. The molecule has 0 aliphatic rings. The van der Waals surface area contributed by atoms with Crippen molar-refractivity contribution in [2.45, 2.75) is 19.8 Å². The van der Waals surface area contributed by atoms with Gasteiger partial charge in [0.2, 0.25) is 0 Å². The summed E-state index contributed by atoms with van der Waals surface area (Å²) in [6.45, 7) is 2.36. The third kappa shape index (κ3) is 4.87. The Hall–Kier alpha value is -2.44. The molecular weight excluding hydrogens is 276 g/mol. The van der Waals surface area contributed by atoms with Crippen LogP contribution < -0.4 is 4.74 Å². The molecule has 114 valence electrons. The number of carbonyl (C=O) groups excluding carboxylic acids is 2. The summed E-state index contributed by atoms with van der Waals surface area (Å²) in [6.07, 6.45) is 2.37. The van der Waals surface area contributed by atoms with Gasteiger partial charge in [-0.25, -0.2) is 0 Å². The highest BCUT2D eigenvalue weighted by atomic mass is 16.6. The molecule has 7 heteroatoms. The number of nitro benzene ring substituents is 1. The fourth-order valence-electron chi connectivity index (χ4n) is 1.64. The van der Waals surface area contributed by atoms with E-state index in [2.05, 4.69) is 0 Å². The summed E-state index contributed by atoms with van der Waals surface area (Å²) < 4.78 is 5.21. The first-order chi connectivity index (χ1) is 9.99. The Labute approximate surface area is 122 Å². The maximum absolute atomic E-state index is 11.8. The van der Waals surface area contributed by atoms with Crippen molar-refractivity contribution in [1.29, 1.82) is 0 Å². The topological polar surface area (TPSA) is 89.8 Å². The van der Waals surface area contributed by atoms with Gasteiger partial charge in [0.15, 0.2) is 12.4 Å². The van der Waals surface area contributed by atoms with Crippen LogP contribution in [0.25, 0.3) is 0 Å². The fraction of sp³-hybridized carbons (Fsp3) is 0.429. The molecule has 7 nitrogen and oxygen atoms in total. The molecule has 0 aromatic heterocycles. The Morgan fingerprint density at radius 2 is 2.19 bits per heavy atom. The molecule has 0 spiro atoms. The molecule has 0 radical (unpaired) electrons. The fourth-order valence-corrected chi connectivity index (χ4v) is 1.64. The van der Waals surface area contributed by atoms with Gasteiger partial charge in [-0.2, -0.15) is 0 Å². The number of rotatable bonds is 8. The third-order valence-electron chi connectivity index (χ3n) is 2.94. The number of likely N-dealkylation sites (N-methyl/N-ethyl adjacent to an activating group) is 1. The van der Waals surface area contributed by atoms with Gasteiger partial charge in [-0.3, -0.25) is 19.7 Å². The van der Waals surface area contributed by atoms with Gasteiger partial charge < -0.3 is 9.64 Å². The average molecular weight is 294 g/mol. The number of ether oxygens (including phenoxy) is 1. The van der Waals surface area contributed by atoms with Gasteiger partial charge >= 0.3 is 5.69 Å². The highest BCUT2D eigenvalue weighted by Gasteiger charge is 2.18. The number of hydrogen-bond donors (Lipinski definition) is 0. The van der Waals surface area contributed by atoms with Crippen molar-refractivity contribution in [3.8, 4) is 5.75 Å². The zero-order valence-electron chi connectivity index (χ0n) is 12.1. The molecule has 1 rings (SSSR count). The molecule has 0 N–H and O–H groups in total. The molecule has 0 aliphatic carbocycles. The molecule has 0 saturated carbocycles. The lowest BCUT2D eigenvalue weighted by Gasteiger charge is -2.16. The van der Waals surface area contributed by atoms with E-state index in [9.17, 15) is 19.7 Å². The molecule has 0 unspecified atom stereocenters. The van der Waals surface area contributed by atoms with E-state index in [1.807, 2.05) is 6.92 Å². The number of unbranched alkanes of at least 4 members (excludes halogenated alkanes) is 1. The summed E-state index contributed by atoms with van der Waals surface area (Å²) >= 11 is 0. The smallest absolute Gasteiger partial charge is 0.311 e. The van der Waals surface area contributed by atoms with Crippen LogP contribution in [0.1, 0.15) is 30.1 Å². The molecule has 1 aromatic rings. The Morgan fingerprint density at radius 3 is 2.76 bits per heavy atom. The lowest BCUT2D eigenvalue weighted by Crippen LogP contribution is -2.32. The van der Waals surface area contributed by atoms with Gasteiger partial charge in [-0.05, 0) is 18.6 Å². The Morgan fingerprint density at radius 1 is 1.48 bits per heavy atom. The van der Waals surface area contributed by atoms with Crippen LogP contribution >= 0.6 is 0 Å². The Bertz CT molecular complexity index is 530. The molecule has 0 aliphatic heterocycles. The quantitative estimate of drug-likeness (QED) is 0.416. The van der Waals surface area contributed by atoms with E-state index in [-0.39, 0.29) is 29.5 Å². The molecule has 0 fully saturated rings. The van der Waals surface area contributed by atoms with Gasteiger partial charge in [-0.15, -0.1) is 0 Å². The maximum Gasteiger partial charge on any atom is 0.311 e. The van der Waals surface area contributed by atoms with Crippen LogP contribution in [0.2, 0.25) is 0 Å². The molecule has 0 saturated heterocycles. The van der Waals surface area contributed by atoms with Crippen LogP contribution in [0.15, 0.2) is 18.2 Å². The minimum atomic E-state index is -0.645. The summed E-state index contributed by atoms with van der Waals surface area (Å²) in [6, 6.07) is 3.84. The van der Waals surface area contributed by atoms with Gasteiger partial charge in [0.25, 0.3) is 5.91 Å². The largest absolute Gasteiger partial charge is 0.477 e. The summed E-state index contributed by atoms with van der Waals surface area (Å²) in [5.74, 6) is -0.278. The SMILES string of the molecule is CCCCN(C)C(=O)COc1ccc(C=O)cc1[N+](=O)[O-]. The van der Waals surface area contributed by atoms with E-state index in [1.54, 1.807) is 7.05 Å². The van der Waals surface area contributed by atoms with Crippen LogP contribution in [0.4, 0.5) is 5.69 Å². The highest BCUT2D eigenvalue weighted by Crippen LogP contribution is 2.27. The highest BCUT2D eigenvalue weighted by molar-refractivity contribution is 5.79. The third-order valence-corrected chi connectivity index (χ3v) is 2.94. The molecular formula is C14H18N2O5. The number of amides is 1. The van der Waals surface area contributed by atoms with E-state index >= 15 is 0 Å². The van der Waals surface area contributed by atoms with Crippen molar-refractivity contribution in [2.75, 3.05) is 20.2 Å². The first-order valence-corrected chi connectivity index (χ1v) is 6.60. The standard InChI is InChI=1S/C14H18N2O5/c1-3-4-7-15(2)14(18)10-21-13-6-5-11(9-17)8-12(13)16(19)20/h5-6,8-9H,3-4,7,10H2,1-2H3. The van der Waals surface area contributed by atoms with Crippen molar-refractivity contribution < 1.29 is 19.2 Å². The number of aldehydes is 1. The van der Waals surface area contributed by atoms with Crippen LogP contribution in [-0.2, 0) is 4.79 Å². The van der Waals surface area contributed by atoms with Crippen LogP contribution in [0.3, 0.4) is 0 Å². The van der Waals surface area contributed by atoms with E-state index in [1.165, 1.54) is 17.0 Å². The van der Waals surface area contributed by atoms with Gasteiger partial charge in [0.05, 0.1) is 4.92 Å². The van der Waals surface area contributed by atoms with Gasteiger partial charge in [0.1, 0.15) is 6.29 Å². The number of benzene rings is 1. The molecule has 1 amide bonds. The number of hydrogen-bond acceptors (Lipinski definition) is 5. The first-order valence-electron chi connectivity index (χ1n) is 6.60. The van der Waals surface area contributed by atoms with Crippen molar-refractivity contribution in [2.24, 2.45) is 0 Å². The van der Waals surface area contributed by atoms with Crippen LogP contribution in [0.5, 0.6) is 5.75 Å². The predicted molar refractivity (Wildman–Crippen MR) is 76.5 cm³/mol.